The van der Waals surface area contributed by atoms with Crippen LogP contribution in [0.25, 0.3) is 0 Å². The molecule has 3 fully saturated rings. The van der Waals surface area contributed by atoms with Crippen LogP contribution in [0.4, 0.5) is 13.2 Å². The van der Waals surface area contributed by atoms with Gasteiger partial charge in [0.25, 0.3) is 0 Å². The Balaban J connectivity index is 0.00000181. The Kier molecular flexibility index (Phi) is 9.83. The van der Waals surface area contributed by atoms with Crippen molar-refractivity contribution in [3.05, 3.63) is 42.0 Å². The Labute approximate surface area is 238 Å². The fourth-order valence-corrected chi connectivity index (χ4v) is 10.6. The number of benzene rings is 1. The molecule has 1 aromatic carbocycles. The van der Waals surface area contributed by atoms with Crippen LogP contribution in [0.2, 0.25) is 0 Å². The van der Waals surface area contributed by atoms with Gasteiger partial charge in [-0.05, 0) is 118 Å². The molecule has 5 rings (SSSR count). The van der Waals surface area contributed by atoms with Gasteiger partial charge in [-0.1, -0.05) is 50.6 Å². The van der Waals surface area contributed by atoms with E-state index in [9.17, 15) is 31.8 Å². The van der Waals surface area contributed by atoms with E-state index in [-0.39, 0.29) is 28.8 Å². The van der Waals surface area contributed by atoms with Gasteiger partial charge in [0, 0.05) is 0 Å². The number of aliphatic hydroxyl groups excluding tert-OH is 2. The summed E-state index contributed by atoms with van der Waals surface area (Å²) in [5.74, 6) is 2.63. The van der Waals surface area contributed by atoms with Crippen molar-refractivity contribution >= 4 is 9.84 Å². The highest BCUT2D eigenvalue weighted by atomic mass is 32.2. The fraction of sp³-hybridized carbons (Fsp3) is 0.750. The fourth-order valence-electron chi connectivity index (χ4n) is 8.80. The zero-order valence-corrected chi connectivity index (χ0v) is 24.9. The number of fused-ring (bicyclic) bond motifs is 5. The van der Waals surface area contributed by atoms with E-state index in [1.165, 1.54) is 17.7 Å². The first-order chi connectivity index (χ1) is 18.9. The third-order valence-electron chi connectivity index (χ3n) is 10.8. The third-order valence-corrected chi connectivity index (χ3v) is 13.1. The van der Waals surface area contributed by atoms with Crippen molar-refractivity contribution in [2.24, 2.45) is 35.0 Å². The van der Waals surface area contributed by atoms with E-state index in [1.807, 2.05) is 13.8 Å². The smallest absolute Gasteiger partial charge is 0.393 e. The average molecular weight is 585 g/mol. The number of alkyl halides is 3. The van der Waals surface area contributed by atoms with Gasteiger partial charge in [-0.15, -0.1) is 0 Å². The molecule has 9 unspecified atom stereocenters. The molecule has 0 spiro atoms. The number of sulfone groups is 1. The van der Waals surface area contributed by atoms with E-state index >= 15 is 0 Å². The molecule has 1 aromatic rings. The second kappa shape index (κ2) is 12.5. The minimum absolute atomic E-state index is 0.0118. The van der Waals surface area contributed by atoms with E-state index in [4.69, 9.17) is 0 Å². The Hall–Kier alpha value is -1.38. The largest absolute Gasteiger partial charge is 0.414 e. The van der Waals surface area contributed by atoms with Gasteiger partial charge in [0.15, 0.2) is 15.9 Å². The maximum atomic E-state index is 13.4. The number of allylic oxidation sites excluding steroid dienone is 1. The predicted molar refractivity (Wildman–Crippen MR) is 151 cm³/mol. The van der Waals surface area contributed by atoms with Gasteiger partial charge < -0.3 is 10.2 Å². The normalized spacial score (nSPS) is 35.2. The Morgan fingerprint density at radius 1 is 1.02 bits per heavy atom. The van der Waals surface area contributed by atoms with Gasteiger partial charge in [-0.25, -0.2) is 8.42 Å². The monoisotopic (exact) mass is 584 g/mol. The molecule has 2 N–H and O–H groups in total. The quantitative estimate of drug-likeness (QED) is 0.326. The zero-order chi connectivity index (χ0) is 29.3. The molecule has 4 nitrogen and oxygen atoms in total. The molecule has 226 valence electrons. The van der Waals surface area contributed by atoms with E-state index in [0.29, 0.717) is 30.1 Å². The second-order valence-electron chi connectivity index (χ2n) is 12.7. The SMILES string of the molecule is CC.CC12CCC3C4CCC(O)CC4=CCC3C1CCC2CCC(CC(O)C(F)(F)F)S(=O)(=O)c1ccccc1. The van der Waals surface area contributed by atoms with Crippen LogP contribution >= 0.6 is 0 Å². The van der Waals surface area contributed by atoms with E-state index < -0.39 is 33.8 Å². The lowest BCUT2D eigenvalue weighted by atomic mass is 9.51. The minimum Gasteiger partial charge on any atom is -0.393 e. The van der Waals surface area contributed by atoms with Crippen molar-refractivity contribution in [1.29, 1.82) is 0 Å². The van der Waals surface area contributed by atoms with Crippen LogP contribution in [0.3, 0.4) is 0 Å². The molecule has 0 bridgehead atoms. The molecule has 0 radical (unpaired) electrons. The molecule has 0 amide bonds. The lowest BCUT2D eigenvalue weighted by molar-refractivity contribution is -0.205. The maximum absolute atomic E-state index is 13.4. The van der Waals surface area contributed by atoms with Gasteiger partial charge in [0.2, 0.25) is 0 Å². The highest BCUT2D eigenvalue weighted by Gasteiger charge is 2.55. The van der Waals surface area contributed by atoms with Crippen molar-refractivity contribution in [1.82, 2.24) is 0 Å². The van der Waals surface area contributed by atoms with Gasteiger partial charge in [-0.2, -0.15) is 13.2 Å². The van der Waals surface area contributed by atoms with Gasteiger partial charge in [-0.3, -0.25) is 0 Å². The van der Waals surface area contributed by atoms with E-state index in [1.54, 1.807) is 18.2 Å². The Bertz CT molecular complexity index is 1120. The minimum atomic E-state index is -4.85. The van der Waals surface area contributed by atoms with Crippen LogP contribution in [0.1, 0.15) is 91.4 Å². The predicted octanol–water partition coefficient (Wildman–Crippen LogP) is 7.50. The van der Waals surface area contributed by atoms with Crippen molar-refractivity contribution in [2.75, 3.05) is 0 Å². The van der Waals surface area contributed by atoms with Crippen LogP contribution in [-0.4, -0.2) is 42.3 Å². The molecule has 4 aliphatic rings. The molecule has 0 heterocycles. The van der Waals surface area contributed by atoms with Crippen LogP contribution in [-0.2, 0) is 9.84 Å². The number of hydrogen-bond donors (Lipinski definition) is 2. The summed E-state index contributed by atoms with van der Waals surface area (Å²) in [6.45, 7) is 6.33. The topological polar surface area (TPSA) is 74.6 Å². The second-order valence-corrected chi connectivity index (χ2v) is 14.9. The van der Waals surface area contributed by atoms with Gasteiger partial charge >= 0.3 is 6.18 Å². The van der Waals surface area contributed by atoms with Crippen LogP contribution < -0.4 is 0 Å². The summed E-state index contributed by atoms with van der Waals surface area (Å²) in [4.78, 5) is 0.0118. The number of halogens is 3. The summed E-state index contributed by atoms with van der Waals surface area (Å²) in [5.41, 5.74) is 1.50. The number of hydrogen-bond acceptors (Lipinski definition) is 4. The highest BCUT2D eigenvalue weighted by molar-refractivity contribution is 7.92. The average Bonchev–Trinajstić information content (AvgIpc) is 3.27. The Morgan fingerprint density at radius 3 is 2.40 bits per heavy atom. The summed E-state index contributed by atoms with van der Waals surface area (Å²) in [7, 11) is -4.02. The summed E-state index contributed by atoms with van der Waals surface area (Å²) in [6.07, 6.45) is 2.54. The summed E-state index contributed by atoms with van der Waals surface area (Å²) < 4.78 is 66.6. The molecule has 4 aliphatic carbocycles. The summed E-state index contributed by atoms with van der Waals surface area (Å²) in [5, 5.41) is 18.7. The van der Waals surface area contributed by atoms with Crippen molar-refractivity contribution in [3.8, 4) is 0 Å². The Morgan fingerprint density at radius 2 is 1.73 bits per heavy atom. The molecule has 40 heavy (non-hydrogen) atoms. The molecule has 9 atom stereocenters. The molecule has 8 heteroatoms. The van der Waals surface area contributed by atoms with Crippen molar-refractivity contribution in [2.45, 2.75) is 120 Å². The molecular formula is C32H47F3O4S. The third kappa shape index (κ3) is 6.19. The van der Waals surface area contributed by atoms with Crippen LogP contribution in [0.15, 0.2) is 46.9 Å². The molecule has 0 saturated heterocycles. The highest BCUT2D eigenvalue weighted by Crippen LogP contribution is 2.64. The zero-order valence-electron chi connectivity index (χ0n) is 24.1. The summed E-state index contributed by atoms with van der Waals surface area (Å²) >= 11 is 0. The maximum Gasteiger partial charge on any atom is 0.414 e. The first kappa shape index (κ1) is 31.6. The first-order valence-electron chi connectivity index (χ1n) is 15.3. The van der Waals surface area contributed by atoms with Crippen LogP contribution in [0, 0.1) is 35.0 Å². The summed E-state index contributed by atoms with van der Waals surface area (Å²) in [6, 6.07) is 7.66. The number of rotatable bonds is 7. The van der Waals surface area contributed by atoms with Crippen molar-refractivity contribution in [3.63, 3.8) is 0 Å². The van der Waals surface area contributed by atoms with Crippen molar-refractivity contribution < 1.29 is 31.8 Å². The lowest BCUT2D eigenvalue weighted by Gasteiger charge is -2.54. The molecular weight excluding hydrogens is 537 g/mol. The molecule has 0 aliphatic heterocycles. The molecule has 3 saturated carbocycles. The molecule has 0 aromatic heterocycles. The standard InChI is InChI=1S/C30H41F3O4S.C2H6/c1-29-16-15-25-24-13-10-21(34)17-19(24)7-12-26(25)27(29)14-9-20(29)8-11-23(18-28(35)30(31,32)33)38(36,37)22-5-3-2-4-6-22;1-2/h2-7,20-21,23-28,34-35H,8-18H2,1H3;1-2H3. The van der Waals surface area contributed by atoms with E-state index in [0.717, 1.165) is 51.4 Å². The van der Waals surface area contributed by atoms with Gasteiger partial charge in [0.05, 0.1) is 16.2 Å². The lowest BCUT2D eigenvalue weighted by Crippen LogP contribution is -2.46. The first-order valence-corrected chi connectivity index (χ1v) is 16.9. The van der Waals surface area contributed by atoms with Crippen LogP contribution in [0.5, 0.6) is 0 Å². The number of aliphatic hydroxyl groups is 2. The van der Waals surface area contributed by atoms with Gasteiger partial charge in [0.1, 0.15) is 0 Å². The van der Waals surface area contributed by atoms with E-state index in [2.05, 4.69) is 13.0 Å².